The number of hydrogen-bond acceptors (Lipinski definition) is 4. The molecule has 2 atom stereocenters. The van der Waals surface area contributed by atoms with Crippen LogP contribution in [0, 0.1) is 12.8 Å². The van der Waals surface area contributed by atoms with Crippen molar-refractivity contribution in [3.63, 3.8) is 0 Å². The number of amides is 1. The van der Waals surface area contributed by atoms with Crippen molar-refractivity contribution in [3.05, 3.63) is 23.7 Å². The zero-order chi connectivity index (χ0) is 14.4. The fourth-order valence-corrected chi connectivity index (χ4v) is 3.48. The molecular weight excluding hydrogens is 268 g/mol. The van der Waals surface area contributed by atoms with Crippen molar-refractivity contribution in [1.29, 1.82) is 0 Å². The first-order chi connectivity index (χ1) is 10.2. The number of ether oxygens (including phenoxy) is 1. The number of nitrogens with zero attached hydrogens (tertiary/aromatic N) is 2. The molecule has 4 rings (SSSR count). The van der Waals surface area contributed by atoms with Gasteiger partial charge in [0.15, 0.2) is 0 Å². The normalized spacial score (nSPS) is 30.0. The van der Waals surface area contributed by atoms with Crippen LogP contribution in [-0.2, 0) is 16.1 Å². The Morgan fingerprint density at radius 1 is 1.29 bits per heavy atom. The first kappa shape index (κ1) is 13.3. The van der Waals surface area contributed by atoms with Crippen LogP contribution < -0.4 is 0 Å². The zero-order valence-corrected chi connectivity index (χ0v) is 12.5. The van der Waals surface area contributed by atoms with Gasteiger partial charge in [0.2, 0.25) is 5.91 Å². The second kappa shape index (κ2) is 5.14. The Bertz CT molecular complexity index is 537. The molecule has 1 aliphatic carbocycles. The first-order valence-corrected chi connectivity index (χ1v) is 7.88. The van der Waals surface area contributed by atoms with Crippen LogP contribution in [0.5, 0.6) is 0 Å². The van der Waals surface area contributed by atoms with Crippen LogP contribution in [0.4, 0.5) is 0 Å². The fourth-order valence-electron chi connectivity index (χ4n) is 3.48. The highest BCUT2D eigenvalue weighted by Gasteiger charge is 2.44. The van der Waals surface area contributed by atoms with Crippen LogP contribution in [0.25, 0.3) is 0 Å². The van der Waals surface area contributed by atoms with Gasteiger partial charge in [-0.2, -0.15) is 0 Å². The Labute approximate surface area is 124 Å². The molecule has 5 nitrogen and oxygen atoms in total. The summed E-state index contributed by atoms with van der Waals surface area (Å²) in [7, 11) is 0. The lowest BCUT2D eigenvalue weighted by molar-refractivity contribution is -0.153. The van der Waals surface area contributed by atoms with E-state index in [1.54, 1.807) is 0 Å². The van der Waals surface area contributed by atoms with Crippen LogP contribution in [0.1, 0.15) is 24.4 Å². The highest BCUT2D eigenvalue weighted by Crippen LogP contribution is 2.33. The van der Waals surface area contributed by atoms with Gasteiger partial charge in [0.1, 0.15) is 18.1 Å². The predicted molar refractivity (Wildman–Crippen MR) is 76.7 cm³/mol. The van der Waals surface area contributed by atoms with Crippen LogP contribution in [0.3, 0.4) is 0 Å². The quantitative estimate of drug-likeness (QED) is 0.841. The van der Waals surface area contributed by atoms with Crippen molar-refractivity contribution in [2.24, 2.45) is 5.92 Å². The van der Waals surface area contributed by atoms with Gasteiger partial charge in [0.25, 0.3) is 0 Å². The number of morpholine rings is 1. The highest BCUT2D eigenvalue weighted by molar-refractivity contribution is 5.78. The van der Waals surface area contributed by atoms with E-state index >= 15 is 0 Å². The maximum Gasteiger partial charge on any atom is 0.248 e. The zero-order valence-electron chi connectivity index (χ0n) is 12.5. The van der Waals surface area contributed by atoms with Crippen LogP contribution in [-0.4, -0.2) is 54.1 Å². The summed E-state index contributed by atoms with van der Waals surface area (Å²) in [5.74, 6) is 2.84. The molecule has 3 fully saturated rings. The van der Waals surface area contributed by atoms with Crippen LogP contribution >= 0.6 is 0 Å². The van der Waals surface area contributed by atoms with Gasteiger partial charge >= 0.3 is 0 Å². The molecule has 0 bridgehead atoms. The SMILES string of the molecule is Cc1ccc(CN2C[C@@H]3OCC(=O)N(CC4CC4)[C@H]3C2)o1. The Kier molecular flexibility index (Phi) is 3.27. The Hall–Kier alpha value is -1.33. The predicted octanol–water partition coefficient (Wildman–Crippen LogP) is 1.41. The van der Waals surface area contributed by atoms with Crippen LogP contribution in [0.15, 0.2) is 16.5 Å². The smallest absolute Gasteiger partial charge is 0.248 e. The van der Waals surface area contributed by atoms with Gasteiger partial charge in [-0.1, -0.05) is 0 Å². The molecule has 1 saturated carbocycles. The monoisotopic (exact) mass is 290 g/mol. The topological polar surface area (TPSA) is 45.9 Å². The Morgan fingerprint density at radius 3 is 2.86 bits per heavy atom. The van der Waals surface area contributed by atoms with E-state index in [0.717, 1.165) is 43.6 Å². The van der Waals surface area contributed by atoms with Crippen molar-refractivity contribution in [2.75, 3.05) is 26.2 Å². The van der Waals surface area contributed by atoms with Gasteiger partial charge in [-0.05, 0) is 37.8 Å². The number of carbonyl (C=O) groups is 1. The molecule has 0 aromatic carbocycles. The molecule has 0 spiro atoms. The number of aryl methyl sites for hydroxylation is 1. The molecule has 1 aromatic rings. The van der Waals surface area contributed by atoms with E-state index in [2.05, 4.69) is 9.80 Å². The summed E-state index contributed by atoms with van der Waals surface area (Å²) in [5, 5.41) is 0. The molecule has 5 heteroatoms. The average molecular weight is 290 g/mol. The minimum atomic E-state index is 0.164. The second-order valence-electron chi connectivity index (χ2n) is 6.61. The molecule has 1 aromatic heterocycles. The van der Waals surface area contributed by atoms with E-state index in [9.17, 15) is 4.79 Å². The van der Waals surface area contributed by atoms with Gasteiger partial charge in [-0.3, -0.25) is 9.69 Å². The van der Waals surface area contributed by atoms with Crippen molar-refractivity contribution < 1.29 is 13.9 Å². The fraction of sp³-hybridized carbons (Fsp3) is 0.688. The number of furan rings is 1. The second-order valence-corrected chi connectivity index (χ2v) is 6.61. The molecular formula is C16H22N2O3. The number of rotatable bonds is 4. The minimum Gasteiger partial charge on any atom is -0.465 e. The molecule has 1 amide bonds. The molecule has 0 radical (unpaired) electrons. The number of hydrogen-bond donors (Lipinski definition) is 0. The summed E-state index contributed by atoms with van der Waals surface area (Å²) in [5.41, 5.74) is 0. The van der Waals surface area contributed by atoms with Gasteiger partial charge in [-0.15, -0.1) is 0 Å². The molecule has 3 aliphatic rings. The van der Waals surface area contributed by atoms with E-state index in [0.29, 0.717) is 0 Å². The van der Waals surface area contributed by atoms with E-state index < -0.39 is 0 Å². The maximum absolute atomic E-state index is 12.1. The Morgan fingerprint density at radius 2 is 2.14 bits per heavy atom. The summed E-state index contributed by atoms with van der Waals surface area (Å²) in [6.45, 7) is 5.72. The molecule has 2 saturated heterocycles. The van der Waals surface area contributed by atoms with Crippen molar-refractivity contribution in [3.8, 4) is 0 Å². The van der Waals surface area contributed by atoms with Gasteiger partial charge in [-0.25, -0.2) is 0 Å². The summed E-state index contributed by atoms with van der Waals surface area (Å²) in [6.07, 6.45) is 2.71. The molecule has 0 N–H and O–H groups in total. The summed E-state index contributed by atoms with van der Waals surface area (Å²) >= 11 is 0. The standard InChI is InChI=1S/C16H22N2O3/c1-11-2-5-13(21-11)7-17-8-14-15(9-17)20-10-16(19)18(14)6-12-3-4-12/h2,5,12,14-15H,3-4,6-10H2,1H3/t14-,15-/m0/s1. The average Bonchev–Trinajstić information content (AvgIpc) is 3.04. The van der Waals surface area contributed by atoms with E-state index in [1.807, 2.05) is 19.1 Å². The van der Waals surface area contributed by atoms with E-state index in [-0.39, 0.29) is 24.7 Å². The number of likely N-dealkylation sites (tertiary alicyclic amines) is 1. The van der Waals surface area contributed by atoms with Crippen molar-refractivity contribution in [1.82, 2.24) is 9.80 Å². The third kappa shape index (κ3) is 2.72. The number of fused-ring (bicyclic) bond motifs is 1. The summed E-state index contributed by atoms with van der Waals surface area (Å²) < 4.78 is 11.4. The van der Waals surface area contributed by atoms with Crippen LogP contribution in [0.2, 0.25) is 0 Å². The van der Waals surface area contributed by atoms with E-state index in [1.165, 1.54) is 12.8 Å². The van der Waals surface area contributed by atoms with Gasteiger partial charge in [0, 0.05) is 19.6 Å². The lowest BCUT2D eigenvalue weighted by Crippen LogP contribution is -2.54. The summed E-state index contributed by atoms with van der Waals surface area (Å²) in [6, 6.07) is 4.26. The largest absolute Gasteiger partial charge is 0.465 e. The maximum atomic E-state index is 12.1. The first-order valence-electron chi connectivity index (χ1n) is 7.88. The minimum absolute atomic E-state index is 0.164. The molecule has 21 heavy (non-hydrogen) atoms. The molecule has 114 valence electrons. The van der Waals surface area contributed by atoms with E-state index in [4.69, 9.17) is 9.15 Å². The lowest BCUT2D eigenvalue weighted by Gasteiger charge is -2.36. The molecule has 2 aliphatic heterocycles. The van der Waals surface area contributed by atoms with Gasteiger partial charge < -0.3 is 14.1 Å². The third-order valence-electron chi connectivity index (χ3n) is 4.78. The van der Waals surface area contributed by atoms with Crippen molar-refractivity contribution >= 4 is 5.91 Å². The van der Waals surface area contributed by atoms with Crippen molar-refractivity contribution in [2.45, 2.75) is 38.5 Å². The Balaban J connectivity index is 1.43. The summed E-state index contributed by atoms with van der Waals surface area (Å²) in [4.78, 5) is 16.6. The highest BCUT2D eigenvalue weighted by atomic mass is 16.5. The van der Waals surface area contributed by atoms with Gasteiger partial charge in [0.05, 0.1) is 18.7 Å². The lowest BCUT2D eigenvalue weighted by atomic mass is 10.1. The third-order valence-corrected chi connectivity index (χ3v) is 4.78. The molecule has 3 heterocycles. The molecule has 0 unspecified atom stereocenters. The number of carbonyl (C=O) groups excluding carboxylic acids is 1.